The average molecular weight is 248 g/mol. The van der Waals surface area contributed by atoms with Gasteiger partial charge in [0.05, 0.1) is 17.0 Å². The lowest BCUT2D eigenvalue weighted by atomic mass is 10.1. The van der Waals surface area contributed by atoms with Crippen LogP contribution >= 0.6 is 0 Å². The van der Waals surface area contributed by atoms with Crippen LogP contribution in [0.2, 0.25) is 0 Å². The highest BCUT2D eigenvalue weighted by Gasteiger charge is 2.27. The zero-order valence-electron chi connectivity index (χ0n) is 11.0. The Morgan fingerprint density at radius 1 is 1.50 bits per heavy atom. The summed E-state index contributed by atoms with van der Waals surface area (Å²) >= 11 is 0. The van der Waals surface area contributed by atoms with Crippen LogP contribution in [0.5, 0.6) is 0 Å². The van der Waals surface area contributed by atoms with Gasteiger partial charge in [-0.05, 0) is 45.2 Å². The Morgan fingerprint density at radius 3 is 3.00 bits per heavy atom. The average Bonchev–Trinajstić information content (AvgIpc) is 2.80. The molecule has 1 fully saturated rings. The van der Waals surface area contributed by atoms with Crippen LogP contribution in [0.1, 0.15) is 34.6 Å². The molecule has 0 spiro atoms. The second kappa shape index (κ2) is 5.44. The number of likely N-dealkylation sites (tertiary alicyclic amines) is 1. The minimum Gasteiger partial charge on any atom is -0.338 e. The lowest BCUT2D eigenvalue weighted by Crippen LogP contribution is -2.30. The van der Waals surface area contributed by atoms with Crippen molar-refractivity contribution in [1.82, 2.24) is 15.1 Å². The third-order valence-corrected chi connectivity index (χ3v) is 3.48. The van der Waals surface area contributed by atoms with E-state index in [1.54, 1.807) is 0 Å². The van der Waals surface area contributed by atoms with Crippen LogP contribution in [0, 0.1) is 19.8 Å². The third kappa shape index (κ3) is 2.67. The number of carbonyl (C=O) groups excluding carboxylic acids is 1. The van der Waals surface area contributed by atoms with Crippen LogP contribution in [0.3, 0.4) is 0 Å². The molecule has 2 heterocycles. The number of aromatic nitrogens is 2. The molecule has 0 saturated carbocycles. The standard InChI is InChI=1S/C13H20N4O/c1-9-7-12(10(2)16-15-9)13(18)17-6-4-11(8-17)3-5-14/h7,11H,3-6,8,14H2,1-2H3. The number of nitrogens with zero attached hydrogens (tertiary/aromatic N) is 3. The number of rotatable bonds is 3. The highest BCUT2D eigenvalue weighted by Crippen LogP contribution is 2.21. The number of amides is 1. The molecule has 0 radical (unpaired) electrons. The smallest absolute Gasteiger partial charge is 0.255 e. The topological polar surface area (TPSA) is 72.1 Å². The minimum atomic E-state index is 0.0741. The van der Waals surface area contributed by atoms with Crippen LogP contribution in [-0.4, -0.2) is 40.6 Å². The Morgan fingerprint density at radius 2 is 2.28 bits per heavy atom. The maximum atomic E-state index is 12.4. The van der Waals surface area contributed by atoms with E-state index in [1.165, 1.54) is 0 Å². The first-order chi connectivity index (χ1) is 8.61. The van der Waals surface area contributed by atoms with Gasteiger partial charge in [-0.15, -0.1) is 0 Å². The Hall–Kier alpha value is -1.49. The van der Waals surface area contributed by atoms with Gasteiger partial charge in [0.1, 0.15) is 0 Å². The van der Waals surface area contributed by atoms with E-state index in [9.17, 15) is 4.79 Å². The number of hydrogen-bond acceptors (Lipinski definition) is 4. The fourth-order valence-electron chi connectivity index (χ4n) is 2.43. The van der Waals surface area contributed by atoms with Gasteiger partial charge < -0.3 is 10.6 Å². The molecule has 2 rings (SSSR count). The quantitative estimate of drug-likeness (QED) is 0.862. The van der Waals surface area contributed by atoms with E-state index >= 15 is 0 Å². The number of carbonyl (C=O) groups is 1. The van der Waals surface area contributed by atoms with Gasteiger partial charge in [0.15, 0.2) is 0 Å². The molecule has 98 valence electrons. The van der Waals surface area contributed by atoms with Crippen molar-refractivity contribution in [2.45, 2.75) is 26.7 Å². The monoisotopic (exact) mass is 248 g/mol. The predicted octanol–water partition coefficient (Wildman–Crippen LogP) is 0.904. The minimum absolute atomic E-state index is 0.0741. The summed E-state index contributed by atoms with van der Waals surface area (Å²) in [4.78, 5) is 14.3. The van der Waals surface area contributed by atoms with Crippen LogP contribution in [0.15, 0.2) is 6.07 Å². The van der Waals surface area contributed by atoms with E-state index in [-0.39, 0.29) is 5.91 Å². The molecule has 1 unspecified atom stereocenters. The molecule has 5 heteroatoms. The first kappa shape index (κ1) is 13.0. The van der Waals surface area contributed by atoms with Gasteiger partial charge in [0.25, 0.3) is 5.91 Å². The van der Waals surface area contributed by atoms with E-state index in [0.717, 1.165) is 31.6 Å². The van der Waals surface area contributed by atoms with Gasteiger partial charge in [0.2, 0.25) is 0 Å². The summed E-state index contributed by atoms with van der Waals surface area (Å²) < 4.78 is 0. The molecule has 1 aliphatic rings. The van der Waals surface area contributed by atoms with Gasteiger partial charge in [-0.25, -0.2) is 0 Å². The molecule has 1 aliphatic heterocycles. The Kier molecular flexibility index (Phi) is 3.91. The molecule has 0 aromatic carbocycles. The molecule has 1 amide bonds. The van der Waals surface area contributed by atoms with Gasteiger partial charge in [-0.3, -0.25) is 4.79 Å². The molecule has 2 N–H and O–H groups in total. The van der Waals surface area contributed by atoms with Gasteiger partial charge in [-0.1, -0.05) is 0 Å². The van der Waals surface area contributed by atoms with Crippen molar-refractivity contribution in [2.24, 2.45) is 11.7 Å². The Labute approximate surface area is 107 Å². The third-order valence-electron chi connectivity index (χ3n) is 3.48. The summed E-state index contributed by atoms with van der Waals surface area (Å²) in [6.45, 7) is 6.01. The van der Waals surface area contributed by atoms with Crippen molar-refractivity contribution in [3.63, 3.8) is 0 Å². The number of nitrogens with two attached hydrogens (primary N) is 1. The molecule has 1 atom stereocenters. The van der Waals surface area contributed by atoms with Crippen LogP contribution in [0.25, 0.3) is 0 Å². The molecule has 0 aliphatic carbocycles. The zero-order valence-corrected chi connectivity index (χ0v) is 11.0. The van der Waals surface area contributed by atoms with E-state index in [0.29, 0.717) is 23.7 Å². The lowest BCUT2D eigenvalue weighted by molar-refractivity contribution is 0.0785. The maximum Gasteiger partial charge on any atom is 0.255 e. The van der Waals surface area contributed by atoms with E-state index in [2.05, 4.69) is 10.2 Å². The number of hydrogen-bond donors (Lipinski definition) is 1. The lowest BCUT2D eigenvalue weighted by Gasteiger charge is -2.17. The highest BCUT2D eigenvalue weighted by molar-refractivity contribution is 5.95. The Bertz CT molecular complexity index is 447. The molecule has 1 aromatic rings. The SMILES string of the molecule is Cc1cc(C(=O)N2CCC(CCN)C2)c(C)nn1. The maximum absolute atomic E-state index is 12.4. The zero-order chi connectivity index (χ0) is 13.1. The van der Waals surface area contributed by atoms with Crippen molar-refractivity contribution >= 4 is 5.91 Å². The van der Waals surface area contributed by atoms with Gasteiger partial charge in [0, 0.05) is 13.1 Å². The van der Waals surface area contributed by atoms with Crippen LogP contribution in [0.4, 0.5) is 0 Å². The van der Waals surface area contributed by atoms with Crippen molar-refractivity contribution in [2.75, 3.05) is 19.6 Å². The van der Waals surface area contributed by atoms with E-state index in [4.69, 9.17) is 5.73 Å². The van der Waals surface area contributed by atoms with E-state index in [1.807, 2.05) is 24.8 Å². The first-order valence-corrected chi connectivity index (χ1v) is 6.42. The first-order valence-electron chi connectivity index (χ1n) is 6.42. The second-order valence-electron chi connectivity index (χ2n) is 4.97. The summed E-state index contributed by atoms with van der Waals surface area (Å²) in [5.74, 6) is 0.625. The summed E-state index contributed by atoms with van der Waals surface area (Å²) in [5.41, 5.74) is 7.72. The molecular weight excluding hydrogens is 228 g/mol. The summed E-state index contributed by atoms with van der Waals surface area (Å²) in [6.07, 6.45) is 2.05. The summed E-state index contributed by atoms with van der Waals surface area (Å²) in [6, 6.07) is 1.82. The largest absolute Gasteiger partial charge is 0.338 e. The van der Waals surface area contributed by atoms with Crippen LogP contribution < -0.4 is 5.73 Å². The van der Waals surface area contributed by atoms with Crippen molar-refractivity contribution in [1.29, 1.82) is 0 Å². The highest BCUT2D eigenvalue weighted by atomic mass is 16.2. The molecule has 1 saturated heterocycles. The van der Waals surface area contributed by atoms with Crippen molar-refractivity contribution in [3.05, 3.63) is 23.0 Å². The summed E-state index contributed by atoms with van der Waals surface area (Å²) in [7, 11) is 0. The van der Waals surface area contributed by atoms with Crippen molar-refractivity contribution < 1.29 is 4.79 Å². The second-order valence-corrected chi connectivity index (χ2v) is 4.97. The van der Waals surface area contributed by atoms with Gasteiger partial charge >= 0.3 is 0 Å². The summed E-state index contributed by atoms with van der Waals surface area (Å²) in [5, 5.41) is 7.96. The normalized spacial score (nSPS) is 19.3. The molecule has 1 aromatic heterocycles. The molecular formula is C13H20N4O. The van der Waals surface area contributed by atoms with Gasteiger partial charge in [-0.2, -0.15) is 10.2 Å². The van der Waals surface area contributed by atoms with Crippen molar-refractivity contribution in [3.8, 4) is 0 Å². The fourth-order valence-corrected chi connectivity index (χ4v) is 2.43. The fraction of sp³-hybridized carbons (Fsp3) is 0.615. The predicted molar refractivity (Wildman–Crippen MR) is 69.2 cm³/mol. The Balaban J connectivity index is 2.10. The molecule has 5 nitrogen and oxygen atoms in total. The molecule has 0 bridgehead atoms. The van der Waals surface area contributed by atoms with E-state index < -0.39 is 0 Å². The molecule has 18 heavy (non-hydrogen) atoms. The van der Waals surface area contributed by atoms with Crippen LogP contribution in [-0.2, 0) is 0 Å². The number of aryl methyl sites for hydroxylation is 2.